The lowest BCUT2D eigenvalue weighted by Crippen LogP contribution is -2.31. The van der Waals surface area contributed by atoms with Crippen molar-refractivity contribution in [1.29, 1.82) is 0 Å². The molecule has 5 nitrogen and oxygen atoms in total. The van der Waals surface area contributed by atoms with Crippen LogP contribution in [0.1, 0.15) is 12.2 Å². The maximum Gasteiger partial charge on any atom is 0.247 e. The molecule has 1 atom stereocenters. The number of carbonyl (C=O) groups excluding carboxylic acids is 2. The van der Waals surface area contributed by atoms with Crippen LogP contribution in [0.15, 0.2) is 48.5 Å². The summed E-state index contributed by atoms with van der Waals surface area (Å²) in [5.41, 5.74) is 2.32. The molecule has 1 aliphatic heterocycles. The van der Waals surface area contributed by atoms with Crippen LogP contribution in [0.4, 0.5) is 10.1 Å². The van der Waals surface area contributed by atoms with Gasteiger partial charge < -0.3 is 4.98 Å². The summed E-state index contributed by atoms with van der Waals surface area (Å²) in [5, 5.41) is -0.406. The van der Waals surface area contributed by atoms with Crippen molar-refractivity contribution in [1.82, 2.24) is 9.97 Å². The highest BCUT2D eigenvalue weighted by Crippen LogP contribution is 2.30. The fourth-order valence-corrected chi connectivity index (χ4v) is 4.12. The maximum atomic E-state index is 13.0. The van der Waals surface area contributed by atoms with Gasteiger partial charge in [-0.3, -0.25) is 9.59 Å². The standard InChI is InChI=1S/C19H16FN3O2S/c20-12-5-7-13(8-6-12)23-18(24)11-16(19(23)25)26-10-9-17-21-14-3-1-2-4-15(14)22-17/h1-8,16H,9-11H2,(H,21,22)/t16-/m1/s1. The molecule has 0 bridgehead atoms. The molecule has 2 amide bonds. The number of aromatic nitrogens is 2. The average Bonchev–Trinajstić information content (AvgIpc) is 3.17. The molecule has 132 valence electrons. The van der Waals surface area contributed by atoms with Crippen LogP contribution < -0.4 is 4.90 Å². The zero-order chi connectivity index (χ0) is 18.1. The topological polar surface area (TPSA) is 66.1 Å². The highest BCUT2D eigenvalue weighted by Gasteiger charge is 2.39. The molecule has 3 aromatic rings. The second kappa shape index (κ2) is 6.92. The zero-order valence-corrected chi connectivity index (χ0v) is 14.6. The lowest BCUT2D eigenvalue weighted by Gasteiger charge is -2.14. The Labute approximate surface area is 153 Å². The number of H-pyrrole nitrogens is 1. The van der Waals surface area contributed by atoms with Crippen LogP contribution in [-0.2, 0) is 16.0 Å². The number of aryl methyl sites for hydroxylation is 1. The molecule has 26 heavy (non-hydrogen) atoms. The minimum Gasteiger partial charge on any atom is -0.342 e. The summed E-state index contributed by atoms with van der Waals surface area (Å²) in [4.78, 5) is 33.7. The summed E-state index contributed by atoms with van der Waals surface area (Å²) >= 11 is 1.46. The number of fused-ring (bicyclic) bond motifs is 1. The van der Waals surface area contributed by atoms with Gasteiger partial charge in [-0.15, -0.1) is 11.8 Å². The number of nitrogens with zero attached hydrogens (tertiary/aromatic N) is 2. The Morgan fingerprint density at radius 2 is 1.92 bits per heavy atom. The number of carbonyl (C=O) groups is 2. The van der Waals surface area contributed by atoms with Gasteiger partial charge in [0.2, 0.25) is 11.8 Å². The molecule has 1 aromatic heterocycles. The lowest BCUT2D eigenvalue weighted by molar-refractivity contribution is -0.121. The Morgan fingerprint density at radius 3 is 2.69 bits per heavy atom. The number of hydrogen-bond acceptors (Lipinski definition) is 4. The van der Waals surface area contributed by atoms with Crippen LogP contribution in [-0.4, -0.2) is 32.8 Å². The number of nitrogens with one attached hydrogen (secondary N) is 1. The highest BCUT2D eigenvalue weighted by molar-refractivity contribution is 8.00. The number of amides is 2. The van der Waals surface area contributed by atoms with E-state index in [1.165, 1.54) is 36.0 Å². The third kappa shape index (κ3) is 3.22. The van der Waals surface area contributed by atoms with Crippen molar-refractivity contribution in [2.24, 2.45) is 0 Å². The molecule has 0 radical (unpaired) electrons. The molecule has 4 rings (SSSR count). The molecular weight excluding hydrogens is 353 g/mol. The van der Waals surface area contributed by atoms with Crippen molar-refractivity contribution in [3.05, 3.63) is 60.2 Å². The number of hydrogen-bond donors (Lipinski definition) is 1. The van der Waals surface area contributed by atoms with E-state index in [2.05, 4.69) is 9.97 Å². The number of thioether (sulfide) groups is 1. The number of anilines is 1. The van der Waals surface area contributed by atoms with Gasteiger partial charge in [0.15, 0.2) is 0 Å². The number of halogens is 1. The second-order valence-corrected chi connectivity index (χ2v) is 7.37. The van der Waals surface area contributed by atoms with Crippen LogP contribution in [0.25, 0.3) is 11.0 Å². The van der Waals surface area contributed by atoms with Crippen LogP contribution in [0.5, 0.6) is 0 Å². The fraction of sp³-hybridized carbons (Fsp3) is 0.211. The number of para-hydroxylation sites is 2. The Morgan fingerprint density at radius 1 is 1.15 bits per heavy atom. The van der Waals surface area contributed by atoms with Crippen LogP contribution in [0.3, 0.4) is 0 Å². The molecule has 2 aromatic carbocycles. The number of rotatable bonds is 5. The SMILES string of the molecule is O=C1C[C@@H](SCCc2nc3ccccc3[nH]2)C(=O)N1c1ccc(F)cc1. The van der Waals surface area contributed by atoms with Crippen molar-refractivity contribution >= 4 is 40.3 Å². The molecule has 0 saturated carbocycles. The molecule has 1 aliphatic rings. The minimum absolute atomic E-state index is 0.168. The minimum atomic E-state index is -0.406. The summed E-state index contributed by atoms with van der Waals surface area (Å²) in [6.45, 7) is 0. The monoisotopic (exact) mass is 369 g/mol. The maximum absolute atomic E-state index is 13.0. The average molecular weight is 369 g/mol. The fourth-order valence-electron chi connectivity index (χ4n) is 3.02. The van der Waals surface area contributed by atoms with Crippen molar-refractivity contribution in [3.63, 3.8) is 0 Å². The molecule has 1 fully saturated rings. The first-order chi connectivity index (χ1) is 12.6. The van der Waals surface area contributed by atoms with Gasteiger partial charge in [-0.05, 0) is 36.4 Å². The van der Waals surface area contributed by atoms with Gasteiger partial charge in [-0.1, -0.05) is 12.1 Å². The van der Waals surface area contributed by atoms with E-state index in [1.54, 1.807) is 0 Å². The second-order valence-electron chi connectivity index (χ2n) is 6.06. The van der Waals surface area contributed by atoms with E-state index in [9.17, 15) is 14.0 Å². The van der Waals surface area contributed by atoms with Crippen LogP contribution in [0, 0.1) is 5.82 Å². The van der Waals surface area contributed by atoms with Gasteiger partial charge in [-0.2, -0.15) is 0 Å². The molecule has 1 N–H and O–H groups in total. The predicted molar refractivity (Wildman–Crippen MR) is 99.6 cm³/mol. The van der Waals surface area contributed by atoms with Gasteiger partial charge >= 0.3 is 0 Å². The van der Waals surface area contributed by atoms with Crippen LogP contribution >= 0.6 is 11.8 Å². The van der Waals surface area contributed by atoms with Crippen molar-refractivity contribution < 1.29 is 14.0 Å². The first-order valence-electron chi connectivity index (χ1n) is 8.29. The molecule has 7 heteroatoms. The quantitative estimate of drug-likeness (QED) is 0.701. The third-order valence-electron chi connectivity index (χ3n) is 4.29. The first-order valence-corrected chi connectivity index (χ1v) is 9.34. The van der Waals surface area contributed by atoms with E-state index in [4.69, 9.17) is 0 Å². The van der Waals surface area contributed by atoms with Crippen molar-refractivity contribution in [2.75, 3.05) is 10.7 Å². The molecule has 0 unspecified atom stereocenters. The first kappa shape index (κ1) is 16.8. The lowest BCUT2D eigenvalue weighted by atomic mass is 10.3. The largest absolute Gasteiger partial charge is 0.342 e. The molecular formula is C19H16FN3O2S. The number of benzene rings is 2. The van der Waals surface area contributed by atoms with E-state index in [-0.39, 0.29) is 18.2 Å². The molecule has 0 aliphatic carbocycles. The van der Waals surface area contributed by atoms with Gasteiger partial charge in [0.25, 0.3) is 0 Å². The molecule has 2 heterocycles. The summed E-state index contributed by atoms with van der Waals surface area (Å²) < 4.78 is 13.0. The number of imide groups is 1. The van der Waals surface area contributed by atoms with Gasteiger partial charge in [0.1, 0.15) is 11.6 Å². The Bertz CT molecular complexity index is 937. The van der Waals surface area contributed by atoms with Crippen LogP contribution in [0.2, 0.25) is 0 Å². The Hall–Kier alpha value is -2.67. The van der Waals surface area contributed by atoms with E-state index in [0.717, 1.165) is 21.8 Å². The normalized spacial score (nSPS) is 17.4. The number of aromatic amines is 1. The summed E-state index contributed by atoms with van der Waals surface area (Å²) in [6, 6.07) is 13.2. The van der Waals surface area contributed by atoms with Crippen molar-refractivity contribution in [3.8, 4) is 0 Å². The Kier molecular flexibility index (Phi) is 4.46. The van der Waals surface area contributed by atoms with E-state index < -0.39 is 11.1 Å². The smallest absolute Gasteiger partial charge is 0.247 e. The van der Waals surface area contributed by atoms with Gasteiger partial charge in [0, 0.05) is 18.6 Å². The summed E-state index contributed by atoms with van der Waals surface area (Å²) in [5.74, 6) is 0.662. The zero-order valence-electron chi connectivity index (χ0n) is 13.8. The van der Waals surface area contributed by atoms with Gasteiger partial charge in [0.05, 0.1) is 22.0 Å². The summed E-state index contributed by atoms with van der Waals surface area (Å²) in [6.07, 6.45) is 0.856. The highest BCUT2D eigenvalue weighted by atomic mass is 32.2. The van der Waals surface area contributed by atoms with Gasteiger partial charge in [-0.25, -0.2) is 14.3 Å². The number of imidazole rings is 1. The van der Waals surface area contributed by atoms with E-state index >= 15 is 0 Å². The van der Waals surface area contributed by atoms with E-state index in [1.807, 2.05) is 24.3 Å². The molecule has 0 spiro atoms. The molecule has 1 saturated heterocycles. The predicted octanol–water partition coefficient (Wildman–Crippen LogP) is 3.31. The summed E-state index contributed by atoms with van der Waals surface area (Å²) in [7, 11) is 0. The van der Waals surface area contributed by atoms with Crippen molar-refractivity contribution in [2.45, 2.75) is 18.1 Å². The Balaban J connectivity index is 1.38. The van der Waals surface area contributed by atoms with E-state index in [0.29, 0.717) is 17.9 Å². The third-order valence-corrected chi connectivity index (χ3v) is 5.50.